The van der Waals surface area contributed by atoms with E-state index in [0.29, 0.717) is 5.69 Å². The van der Waals surface area contributed by atoms with Crippen molar-refractivity contribution in [1.82, 2.24) is 0 Å². The van der Waals surface area contributed by atoms with Crippen molar-refractivity contribution in [2.45, 2.75) is 0 Å². The summed E-state index contributed by atoms with van der Waals surface area (Å²) < 4.78 is 0. The van der Waals surface area contributed by atoms with Crippen molar-refractivity contribution >= 4 is 23.0 Å². The van der Waals surface area contributed by atoms with Gasteiger partial charge in [0.15, 0.2) is 0 Å². The van der Waals surface area contributed by atoms with E-state index in [1.54, 1.807) is 30.3 Å². The van der Waals surface area contributed by atoms with Crippen molar-refractivity contribution in [3.05, 3.63) is 54.1 Å². The van der Waals surface area contributed by atoms with Gasteiger partial charge in [-0.25, -0.2) is 4.79 Å². The van der Waals surface area contributed by atoms with Crippen LogP contribution in [0, 0.1) is 0 Å². The number of aromatic carboxylic acids is 1. The first-order chi connectivity index (χ1) is 8.16. The molecule has 86 valence electrons. The Labute approximate surface area is 98.7 Å². The maximum atomic E-state index is 10.7. The van der Waals surface area contributed by atoms with Crippen LogP contribution in [-0.4, -0.2) is 11.1 Å². The Bertz CT molecular complexity index is 535. The number of para-hydroxylation sites is 2. The molecule has 4 heteroatoms. The van der Waals surface area contributed by atoms with Crippen molar-refractivity contribution < 1.29 is 9.90 Å². The SMILES string of the molecule is Nc1ccccc1Nc1ccc(C(=O)O)cc1. The van der Waals surface area contributed by atoms with Gasteiger partial charge in [0, 0.05) is 5.69 Å². The zero-order valence-corrected chi connectivity index (χ0v) is 9.05. The number of nitrogens with one attached hydrogen (secondary N) is 1. The van der Waals surface area contributed by atoms with Gasteiger partial charge in [-0.15, -0.1) is 0 Å². The van der Waals surface area contributed by atoms with Gasteiger partial charge in [0.2, 0.25) is 0 Å². The first-order valence-electron chi connectivity index (χ1n) is 5.12. The monoisotopic (exact) mass is 228 g/mol. The van der Waals surface area contributed by atoms with Gasteiger partial charge in [-0.1, -0.05) is 12.1 Å². The van der Waals surface area contributed by atoms with Crippen LogP contribution >= 0.6 is 0 Å². The smallest absolute Gasteiger partial charge is 0.335 e. The summed E-state index contributed by atoms with van der Waals surface area (Å²) in [5, 5.41) is 11.9. The Morgan fingerprint density at radius 1 is 1.06 bits per heavy atom. The van der Waals surface area contributed by atoms with Gasteiger partial charge in [0.05, 0.1) is 16.9 Å². The molecule has 4 nitrogen and oxygen atoms in total. The summed E-state index contributed by atoms with van der Waals surface area (Å²) in [5.74, 6) is -0.934. The zero-order chi connectivity index (χ0) is 12.3. The molecule has 4 N–H and O–H groups in total. The lowest BCUT2D eigenvalue weighted by atomic mass is 10.2. The number of rotatable bonds is 3. The predicted octanol–water partition coefficient (Wildman–Crippen LogP) is 2.71. The Balaban J connectivity index is 2.20. The Hall–Kier alpha value is -2.49. The lowest BCUT2D eigenvalue weighted by Gasteiger charge is -2.08. The molecule has 0 atom stereocenters. The van der Waals surface area contributed by atoms with E-state index in [0.717, 1.165) is 11.4 Å². The summed E-state index contributed by atoms with van der Waals surface area (Å²) in [6.45, 7) is 0. The van der Waals surface area contributed by atoms with Crippen LogP contribution in [0.15, 0.2) is 48.5 Å². The summed E-state index contributed by atoms with van der Waals surface area (Å²) in [7, 11) is 0. The summed E-state index contributed by atoms with van der Waals surface area (Å²) in [6.07, 6.45) is 0. The van der Waals surface area contributed by atoms with Gasteiger partial charge in [-0.05, 0) is 36.4 Å². The van der Waals surface area contributed by atoms with E-state index in [4.69, 9.17) is 10.8 Å². The van der Waals surface area contributed by atoms with Crippen molar-refractivity contribution in [2.75, 3.05) is 11.1 Å². The van der Waals surface area contributed by atoms with Crippen LogP contribution in [0.3, 0.4) is 0 Å². The normalized spacial score (nSPS) is 9.88. The summed E-state index contributed by atoms with van der Waals surface area (Å²) in [5.41, 5.74) is 8.30. The van der Waals surface area contributed by atoms with Crippen molar-refractivity contribution in [3.8, 4) is 0 Å². The molecule has 0 heterocycles. The highest BCUT2D eigenvalue weighted by Gasteiger charge is 2.02. The number of hydrogen-bond acceptors (Lipinski definition) is 3. The number of carbonyl (C=O) groups is 1. The molecule has 0 bridgehead atoms. The van der Waals surface area contributed by atoms with Crippen molar-refractivity contribution in [1.29, 1.82) is 0 Å². The maximum absolute atomic E-state index is 10.7. The lowest BCUT2D eigenvalue weighted by molar-refractivity contribution is 0.0697. The molecule has 0 aliphatic carbocycles. The molecule has 0 amide bonds. The minimum absolute atomic E-state index is 0.261. The average Bonchev–Trinajstić information content (AvgIpc) is 2.33. The largest absolute Gasteiger partial charge is 0.478 e. The van der Waals surface area contributed by atoms with Crippen LogP contribution in [0.25, 0.3) is 0 Å². The van der Waals surface area contributed by atoms with Gasteiger partial charge in [0.25, 0.3) is 0 Å². The lowest BCUT2D eigenvalue weighted by Crippen LogP contribution is -1.98. The molecule has 0 saturated carbocycles. The van der Waals surface area contributed by atoms with E-state index in [1.807, 2.05) is 18.2 Å². The topological polar surface area (TPSA) is 75.3 Å². The fraction of sp³-hybridized carbons (Fsp3) is 0. The van der Waals surface area contributed by atoms with Crippen LogP contribution < -0.4 is 11.1 Å². The molecule has 2 aromatic rings. The average molecular weight is 228 g/mol. The first-order valence-corrected chi connectivity index (χ1v) is 5.12. The van der Waals surface area contributed by atoms with Gasteiger partial charge >= 0.3 is 5.97 Å². The predicted molar refractivity (Wildman–Crippen MR) is 67.5 cm³/mol. The van der Waals surface area contributed by atoms with E-state index in [2.05, 4.69) is 5.32 Å². The van der Waals surface area contributed by atoms with E-state index in [9.17, 15) is 4.79 Å². The van der Waals surface area contributed by atoms with E-state index < -0.39 is 5.97 Å². The molecular formula is C13H12N2O2. The molecule has 0 aliphatic rings. The minimum Gasteiger partial charge on any atom is -0.478 e. The molecule has 0 aromatic heterocycles. The van der Waals surface area contributed by atoms with Crippen LogP contribution in [0.2, 0.25) is 0 Å². The first kappa shape index (κ1) is 11.0. The fourth-order valence-electron chi connectivity index (χ4n) is 1.46. The molecule has 17 heavy (non-hydrogen) atoms. The number of carboxylic acids is 1. The Kier molecular flexibility index (Phi) is 2.96. The van der Waals surface area contributed by atoms with E-state index in [-0.39, 0.29) is 5.56 Å². The molecule has 0 fully saturated rings. The highest BCUT2D eigenvalue weighted by molar-refractivity contribution is 5.88. The van der Waals surface area contributed by atoms with Crippen LogP contribution in [0.5, 0.6) is 0 Å². The molecule has 0 spiro atoms. The molecule has 0 unspecified atom stereocenters. The molecular weight excluding hydrogens is 216 g/mol. The fourth-order valence-corrected chi connectivity index (χ4v) is 1.46. The molecule has 2 aromatic carbocycles. The van der Waals surface area contributed by atoms with Gasteiger partial charge in [-0.2, -0.15) is 0 Å². The van der Waals surface area contributed by atoms with Crippen molar-refractivity contribution in [2.24, 2.45) is 0 Å². The van der Waals surface area contributed by atoms with E-state index in [1.165, 1.54) is 0 Å². The summed E-state index contributed by atoms with van der Waals surface area (Å²) >= 11 is 0. The number of carboxylic acid groups (broad SMARTS) is 1. The van der Waals surface area contributed by atoms with E-state index >= 15 is 0 Å². The second-order valence-corrected chi connectivity index (χ2v) is 3.59. The Morgan fingerprint density at radius 3 is 2.29 bits per heavy atom. The minimum atomic E-state index is -0.934. The number of nitrogens with two attached hydrogens (primary N) is 1. The summed E-state index contributed by atoms with van der Waals surface area (Å²) in [6, 6.07) is 13.9. The highest BCUT2D eigenvalue weighted by Crippen LogP contribution is 2.22. The number of nitrogen functional groups attached to an aromatic ring is 1. The molecule has 0 aliphatic heterocycles. The molecule has 0 saturated heterocycles. The van der Waals surface area contributed by atoms with Crippen molar-refractivity contribution in [3.63, 3.8) is 0 Å². The second kappa shape index (κ2) is 4.57. The van der Waals surface area contributed by atoms with Gasteiger partial charge in [-0.3, -0.25) is 0 Å². The third-order valence-electron chi connectivity index (χ3n) is 2.37. The number of benzene rings is 2. The standard InChI is InChI=1S/C13H12N2O2/c14-11-3-1-2-4-12(11)15-10-7-5-9(6-8-10)13(16)17/h1-8,15H,14H2,(H,16,17). The van der Waals surface area contributed by atoms with Crippen LogP contribution in [0.1, 0.15) is 10.4 Å². The summed E-state index contributed by atoms with van der Waals surface area (Å²) in [4.78, 5) is 10.7. The third kappa shape index (κ3) is 2.55. The number of hydrogen-bond donors (Lipinski definition) is 3. The van der Waals surface area contributed by atoms with Crippen LogP contribution in [-0.2, 0) is 0 Å². The van der Waals surface area contributed by atoms with Gasteiger partial charge < -0.3 is 16.2 Å². The van der Waals surface area contributed by atoms with Gasteiger partial charge in [0.1, 0.15) is 0 Å². The highest BCUT2D eigenvalue weighted by atomic mass is 16.4. The quantitative estimate of drug-likeness (QED) is 0.706. The zero-order valence-electron chi connectivity index (χ0n) is 9.05. The third-order valence-corrected chi connectivity index (χ3v) is 2.37. The second-order valence-electron chi connectivity index (χ2n) is 3.59. The van der Waals surface area contributed by atoms with Crippen LogP contribution in [0.4, 0.5) is 17.1 Å². The molecule has 0 radical (unpaired) electrons. The maximum Gasteiger partial charge on any atom is 0.335 e. The number of anilines is 3. The Morgan fingerprint density at radius 2 is 1.71 bits per heavy atom. The molecule has 2 rings (SSSR count).